The third-order valence-corrected chi connectivity index (χ3v) is 4.47. The maximum atomic E-state index is 12.8. The van der Waals surface area contributed by atoms with Crippen LogP contribution in [0.1, 0.15) is 46.0 Å². The SMILES string of the molecule is CCCC(COC)N1C(=O)C2CCCCN2C(=O)C1C. The minimum Gasteiger partial charge on any atom is -0.383 e. The molecule has 0 spiro atoms. The highest BCUT2D eigenvalue weighted by Crippen LogP contribution is 2.28. The van der Waals surface area contributed by atoms with Crippen molar-refractivity contribution in [2.24, 2.45) is 0 Å². The van der Waals surface area contributed by atoms with Gasteiger partial charge in [0.05, 0.1) is 12.6 Å². The molecule has 0 radical (unpaired) electrons. The lowest BCUT2D eigenvalue weighted by atomic mass is 9.94. The van der Waals surface area contributed by atoms with Crippen molar-refractivity contribution in [2.45, 2.75) is 64.1 Å². The summed E-state index contributed by atoms with van der Waals surface area (Å²) in [6, 6.07) is -0.576. The number of piperazine rings is 1. The van der Waals surface area contributed by atoms with Gasteiger partial charge in [-0.15, -0.1) is 0 Å². The summed E-state index contributed by atoms with van der Waals surface area (Å²) in [5.41, 5.74) is 0. The average molecular weight is 282 g/mol. The highest BCUT2D eigenvalue weighted by atomic mass is 16.5. The van der Waals surface area contributed by atoms with E-state index in [1.165, 1.54) is 0 Å². The Kier molecular flexibility index (Phi) is 5.02. The molecular formula is C15H26N2O3. The van der Waals surface area contributed by atoms with Crippen molar-refractivity contribution in [3.8, 4) is 0 Å². The van der Waals surface area contributed by atoms with Crippen molar-refractivity contribution < 1.29 is 14.3 Å². The molecule has 20 heavy (non-hydrogen) atoms. The lowest BCUT2D eigenvalue weighted by Gasteiger charge is -2.48. The van der Waals surface area contributed by atoms with Gasteiger partial charge in [-0.05, 0) is 32.6 Å². The highest BCUT2D eigenvalue weighted by molar-refractivity contribution is 5.97. The summed E-state index contributed by atoms with van der Waals surface area (Å²) in [7, 11) is 1.65. The molecule has 2 aliphatic heterocycles. The first kappa shape index (κ1) is 15.3. The maximum absolute atomic E-state index is 12.8. The Morgan fingerprint density at radius 2 is 2.05 bits per heavy atom. The summed E-state index contributed by atoms with van der Waals surface area (Å²) in [5.74, 6) is 0.221. The molecule has 2 rings (SSSR count). The molecule has 0 saturated carbocycles. The van der Waals surface area contributed by atoms with Gasteiger partial charge in [0.1, 0.15) is 12.1 Å². The first-order valence-electron chi connectivity index (χ1n) is 7.73. The van der Waals surface area contributed by atoms with Crippen LogP contribution in [0.2, 0.25) is 0 Å². The number of carbonyl (C=O) groups is 2. The van der Waals surface area contributed by atoms with E-state index in [1.807, 2.05) is 6.92 Å². The predicted octanol–water partition coefficient (Wildman–Crippen LogP) is 1.41. The van der Waals surface area contributed by atoms with Crippen LogP contribution in [-0.2, 0) is 14.3 Å². The van der Waals surface area contributed by atoms with E-state index in [-0.39, 0.29) is 29.9 Å². The molecular weight excluding hydrogens is 256 g/mol. The van der Waals surface area contributed by atoms with Crippen molar-refractivity contribution in [1.29, 1.82) is 0 Å². The van der Waals surface area contributed by atoms with E-state index in [2.05, 4.69) is 6.92 Å². The quantitative estimate of drug-likeness (QED) is 0.766. The van der Waals surface area contributed by atoms with E-state index in [4.69, 9.17) is 4.74 Å². The zero-order chi connectivity index (χ0) is 14.7. The van der Waals surface area contributed by atoms with Gasteiger partial charge in [0.2, 0.25) is 11.8 Å². The average Bonchev–Trinajstić information content (AvgIpc) is 2.45. The molecule has 2 saturated heterocycles. The molecule has 0 aliphatic carbocycles. The first-order valence-corrected chi connectivity index (χ1v) is 7.73. The lowest BCUT2D eigenvalue weighted by Crippen LogP contribution is -2.67. The van der Waals surface area contributed by atoms with E-state index in [9.17, 15) is 9.59 Å². The molecule has 0 aromatic heterocycles. The third-order valence-electron chi connectivity index (χ3n) is 4.47. The second kappa shape index (κ2) is 6.57. The van der Waals surface area contributed by atoms with Crippen LogP contribution in [0.15, 0.2) is 0 Å². The Bertz CT molecular complexity index is 366. The molecule has 5 heteroatoms. The summed E-state index contributed by atoms with van der Waals surface area (Å²) in [6.07, 6.45) is 4.71. The molecule has 5 nitrogen and oxygen atoms in total. The summed E-state index contributed by atoms with van der Waals surface area (Å²) in [5, 5.41) is 0. The van der Waals surface area contributed by atoms with Crippen molar-refractivity contribution in [3.05, 3.63) is 0 Å². The molecule has 2 fully saturated rings. The fourth-order valence-electron chi connectivity index (χ4n) is 3.50. The molecule has 0 bridgehead atoms. The fraction of sp³-hybridized carbons (Fsp3) is 0.867. The van der Waals surface area contributed by atoms with E-state index < -0.39 is 0 Å². The van der Waals surface area contributed by atoms with E-state index in [1.54, 1.807) is 16.9 Å². The van der Waals surface area contributed by atoms with Crippen molar-refractivity contribution in [1.82, 2.24) is 9.80 Å². The number of hydrogen-bond donors (Lipinski definition) is 0. The number of ether oxygens (including phenoxy) is 1. The molecule has 0 N–H and O–H groups in total. The van der Waals surface area contributed by atoms with E-state index >= 15 is 0 Å². The lowest BCUT2D eigenvalue weighted by molar-refractivity contribution is -0.167. The van der Waals surface area contributed by atoms with Crippen LogP contribution in [0.4, 0.5) is 0 Å². The van der Waals surface area contributed by atoms with Crippen LogP contribution < -0.4 is 0 Å². The third kappa shape index (κ3) is 2.68. The molecule has 2 aliphatic rings. The number of amides is 2. The minimum absolute atomic E-state index is 0.0144. The molecule has 2 amide bonds. The van der Waals surface area contributed by atoms with Crippen LogP contribution in [0.5, 0.6) is 0 Å². The maximum Gasteiger partial charge on any atom is 0.246 e. The number of hydrogen-bond acceptors (Lipinski definition) is 3. The summed E-state index contributed by atoms with van der Waals surface area (Å²) < 4.78 is 5.26. The van der Waals surface area contributed by atoms with Gasteiger partial charge in [-0.3, -0.25) is 9.59 Å². The van der Waals surface area contributed by atoms with Crippen molar-refractivity contribution >= 4 is 11.8 Å². The standard InChI is InChI=1S/C15H26N2O3/c1-4-7-12(10-20-3)17-11(2)14(18)16-9-6-5-8-13(16)15(17)19/h11-13H,4-10H2,1-3H3. The van der Waals surface area contributed by atoms with Gasteiger partial charge < -0.3 is 14.5 Å². The van der Waals surface area contributed by atoms with Crippen molar-refractivity contribution in [3.63, 3.8) is 0 Å². The second-order valence-corrected chi connectivity index (χ2v) is 5.86. The number of carbonyl (C=O) groups excluding carboxylic acids is 2. The van der Waals surface area contributed by atoms with Gasteiger partial charge in [0, 0.05) is 13.7 Å². The number of rotatable bonds is 5. The van der Waals surface area contributed by atoms with Gasteiger partial charge in [0.25, 0.3) is 0 Å². The number of nitrogens with zero attached hydrogens (tertiary/aromatic N) is 2. The topological polar surface area (TPSA) is 49.9 Å². The Balaban J connectivity index is 2.22. The Morgan fingerprint density at radius 1 is 1.30 bits per heavy atom. The fourth-order valence-corrected chi connectivity index (χ4v) is 3.50. The van der Waals surface area contributed by atoms with Gasteiger partial charge in [-0.1, -0.05) is 13.3 Å². The minimum atomic E-state index is -0.358. The smallest absolute Gasteiger partial charge is 0.246 e. The van der Waals surface area contributed by atoms with Crippen molar-refractivity contribution in [2.75, 3.05) is 20.3 Å². The monoisotopic (exact) mass is 282 g/mol. The Hall–Kier alpha value is -1.10. The predicted molar refractivity (Wildman–Crippen MR) is 76.2 cm³/mol. The number of fused-ring (bicyclic) bond motifs is 1. The Morgan fingerprint density at radius 3 is 2.70 bits per heavy atom. The van der Waals surface area contributed by atoms with Crippen LogP contribution >= 0.6 is 0 Å². The van der Waals surface area contributed by atoms with Crippen LogP contribution in [0.3, 0.4) is 0 Å². The Labute approximate surface area is 121 Å². The molecule has 3 atom stereocenters. The summed E-state index contributed by atoms with van der Waals surface area (Å²) in [4.78, 5) is 28.9. The van der Waals surface area contributed by atoms with Gasteiger partial charge in [-0.2, -0.15) is 0 Å². The molecule has 2 heterocycles. The number of piperidine rings is 1. The number of methoxy groups -OCH3 is 1. The first-order chi connectivity index (χ1) is 9.61. The summed E-state index contributed by atoms with van der Waals surface area (Å²) in [6.45, 7) is 5.18. The normalized spacial score (nSPS) is 28.6. The van der Waals surface area contributed by atoms with Gasteiger partial charge in [-0.25, -0.2) is 0 Å². The van der Waals surface area contributed by atoms with Crippen LogP contribution in [0, 0.1) is 0 Å². The van der Waals surface area contributed by atoms with Crippen LogP contribution in [-0.4, -0.2) is 60.0 Å². The zero-order valence-corrected chi connectivity index (χ0v) is 12.8. The molecule has 0 aromatic carbocycles. The van der Waals surface area contributed by atoms with E-state index in [0.717, 1.165) is 38.6 Å². The van der Waals surface area contributed by atoms with Crippen LogP contribution in [0.25, 0.3) is 0 Å². The van der Waals surface area contributed by atoms with Gasteiger partial charge >= 0.3 is 0 Å². The summed E-state index contributed by atoms with van der Waals surface area (Å²) >= 11 is 0. The molecule has 3 unspecified atom stereocenters. The largest absolute Gasteiger partial charge is 0.383 e. The second-order valence-electron chi connectivity index (χ2n) is 5.86. The molecule has 114 valence electrons. The zero-order valence-electron chi connectivity index (χ0n) is 12.8. The molecule has 0 aromatic rings. The van der Waals surface area contributed by atoms with E-state index in [0.29, 0.717) is 6.61 Å². The van der Waals surface area contributed by atoms with Gasteiger partial charge in [0.15, 0.2) is 0 Å². The highest BCUT2D eigenvalue weighted by Gasteiger charge is 2.46.